The largest absolute Gasteiger partial charge is 0.373 e. The van der Waals surface area contributed by atoms with Gasteiger partial charge in [-0.1, -0.05) is 6.92 Å². The van der Waals surface area contributed by atoms with Gasteiger partial charge >= 0.3 is 0 Å². The summed E-state index contributed by atoms with van der Waals surface area (Å²) in [6.07, 6.45) is 3.96. The first-order chi connectivity index (χ1) is 8.63. The fourth-order valence-electron chi connectivity index (χ4n) is 2.46. The number of nitrogens with zero attached hydrogens (tertiary/aromatic N) is 2. The first-order valence-electron chi connectivity index (χ1n) is 6.58. The summed E-state index contributed by atoms with van der Waals surface area (Å²) < 4.78 is 0. The number of nitrogens with one attached hydrogen (secondary N) is 1. The number of carbonyl (C=O) groups is 1. The summed E-state index contributed by atoms with van der Waals surface area (Å²) in [5, 5.41) is 2.95. The van der Waals surface area contributed by atoms with Crippen molar-refractivity contribution in [3.8, 4) is 0 Å². The number of hydrogen-bond donors (Lipinski definition) is 1. The van der Waals surface area contributed by atoms with Gasteiger partial charge in [-0.2, -0.15) is 0 Å². The molecule has 0 aliphatic carbocycles. The van der Waals surface area contributed by atoms with E-state index < -0.39 is 0 Å². The zero-order valence-electron chi connectivity index (χ0n) is 11.3. The molecule has 1 fully saturated rings. The average Bonchev–Trinajstić information content (AvgIpc) is 2.41. The maximum Gasteiger partial charge on any atom is 0.255 e. The molecule has 1 aromatic heterocycles. The molecule has 0 aromatic carbocycles. The lowest BCUT2D eigenvalue weighted by molar-refractivity contribution is 0.0550. The van der Waals surface area contributed by atoms with Gasteiger partial charge in [0.2, 0.25) is 0 Å². The Morgan fingerprint density at radius 1 is 1.44 bits per heavy atom. The number of carbonyl (C=O) groups excluding carboxylic acids is 1. The molecule has 0 radical (unpaired) electrons. The molecule has 1 aliphatic heterocycles. The molecule has 1 N–H and O–H groups in total. The third-order valence-electron chi connectivity index (χ3n) is 3.90. The highest BCUT2D eigenvalue weighted by molar-refractivity contribution is 5.94. The van der Waals surface area contributed by atoms with E-state index in [1.165, 1.54) is 6.42 Å². The number of piperidine rings is 1. The molecular weight excluding hydrogens is 226 g/mol. The van der Waals surface area contributed by atoms with Crippen LogP contribution in [0, 0.1) is 5.92 Å². The summed E-state index contributed by atoms with van der Waals surface area (Å²) in [6, 6.07) is 3.99. The van der Waals surface area contributed by atoms with Gasteiger partial charge in [0.15, 0.2) is 0 Å². The summed E-state index contributed by atoms with van der Waals surface area (Å²) in [6.45, 7) is 5.21. The molecule has 1 aromatic rings. The van der Waals surface area contributed by atoms with Crippen LogP contribution in [0.2, 0.25) is 0 Å². The quantitative estimate of drug-likeness (QED) is 0.872. The van der Waals surface area contributed by atoms with Crippen molar-refractivity contribution in [1.82, 2.24) is 9.88 Å². The Hall–Kier alpha value is -1.58. The Kier molecular flexibility index (Phi) is 3.84. The summed E-state index contributed by atoms with van der Waals surface area (Å²) in [7, 11) is 1.82. The second-order valence-electron chi connectivity index (χ2n) is 5.04. The maximum atomic E-state index is 12.4. The molecule has 4 nitrogen and oxygen atoms in total. The highest BCUT2D eigenvalue weighted by Gasteiger charge is 2.28. The van der Waals surface area contributed by atoms with Crippen molar-refractivity contribution in [1.29, 1.82) is 0 Å². The predicted octanol–water partition coefficient (Wildman–Crippen LogP) is 2.38. The second kappa shape index (κ2) is 5.38. The topological polar surface area (TPSA) is 45.2 Å². The van der Waals surface area contributed by atoms with E-state index in [9.17, 15) is 4.79 Å². The second-order valence-corrected chi connectivity index (χ2v) is 5.04. The first kappa shape index (κ1) is 12.9. The molecule has 98 valence electrons. The Balaban J connectivity index is 2.14. The summed E-state index contributed by atoms with van der Waals surface area (Å²) >= 11 is 0. The predicted molar refractivity (Wildman–Crippen MR) is 72.7 cm³/mol. The van der Waals surface area contributed by atoms with E-state index in [1.807, 2.05) is 24.1 Å². The van der Waals surface area contributed by atoms with Gasteiger partial charge in [-0.25, -0.2) is 4.98 Å². The standard InChI is InChI=1S/C14H21N3O/c1-10-5-4-8-17(11(10)2)14(18)12-6-7-13(15-3)16-9-12/h6-7,9-11H,4-5,8H2,1-3H3,(H,15,16). The number of pyridine rings is 1. The van der Waals surface area contributed by atoms with Crippen LogP contribution in [0.1, 0.15) is 37.0 Å². The minimum Gasteiger partial charge on any atom is -0.373 e. The first-order valence-corrected chi connectivity index (χ1v) is 6.58. The van der Waals surface area contributed by atoms with Gasteiger partial charge in [0, 0.05) is 25.8 Å². The highest BCUT2D eigenvalue weighted by atomic mass is 16.2. The van der Waals surface area contributed by atoms with E-state index in [2.05, 4.69) is 24.1 Å². The van der Waals surface area contributed by atoms with E-state index in [4.69, 9.17) is 0 Å². The number of aromatic nitrogens is 1. The van der Waals surface area contributed by atoms with Gasteiger partial charge in [-0.05, 0) is 37.8 Å². The summed E-state index contributed by atoms with van der Waals surface area (Å²) in [5.41, 5.74) is 0.676. The monoisotopic (exact) mass is 247 g/mol. The van der Waals surface area contributed by atoms with E-state index >= 15 is 0 Å². The number of rotatable bonds is 2. The summed E-state index contributed by atoms with van der Waals surface area (Å²) in [4.78, 5) is 18.6. The van der Waals surface area contributed by atoms with Crippen molar-refractivity contribution < 1.29 is 4.79 Å². The molecule has 1 saturated heterocycles. The number of hydrogen-bond acceptors (Lipinski definition) is 3. The van der Waals surface area contributed by atoms with Gasteiger partial charge in [0.1, 0.15) is 5.82 Å². The third-order valence-corrected chi connectivity index (χ3v) is 3.90. The van der Waals surface area contributed by atoms with Crippen molar-refractivity contribution >= 4 is 11.7 Å². The van der Waals surface area contributed by atoms with Gasteiger partial charge in [0.25, 0.3) is 5.91 Å². The molecule has 1 amide bonds. The van der Waals surface area contributed by atoms with Crippen molar-refractivity contribution in [3.05, 3.63) is 23.9 Å². The van der Waals surface area contributed by atoms with Crippen LogP contribution < -0.4 is 5.32 Å². The molecule has 1 aliphatic rings. The Bertz CT molecular complexity index is 416. The Morgan fingerprint density at radius 2 is 2.22 bits per heavy atom. The molecule has 2 heterocycles. The van der Waals surface area contributed by atoms with Gasteiger partial charge in [-0.3, -0.25) is 4.79 Å². The van der Waals surface area contributed by atoms with Crippen LogP contribution in [-0.2, 0) is 0 Å². The molecule has 4 heteroatoms. The fraction of sp³-hybridized carbons (Fsp3) is 0.571. The lowest BCUT2D eigenvalue weighted by Crippen LogP contribution is -2.46. The number of anilines is 1. The molecule has 0 spiro atoms. The lowest BCUT2D eigenvalue weighted by atomic mass is 9.91. The minimum atomic E-state index is 0.101. The van der Waals surface area contributed by atoms with Crippen LogP contribution in [0.3, 0.4) is 0 Å². The van der Waals surface area contributed by atoms with Crippen LogP contribution in [0.25, 0.3) is 0 Å². The minimum absolute atomic E-state index is 0.101. The third kappa shape index (κ3) is 2.47. The van der Waals surface area contributed by atoms with Crippen molar-refractivity contribution in [2.75, 3.05) is 18.9 Å². The van der Waals surface area contributed by atoms with E-state index in [1.54, 1.807) is 6.20 Å². The van der Waals surface area contributed by atoms with E-state index in [-0.39, 0.29) is 5.91 Å². The Labute approximate surface area is 108 Å². The molecule has 18 heavy (non-hydrogen) atoms. The van der Waals surface area contributed by atoms with Crippen molar-refractivity contribution in [2.24, 2.45) is 5.92 Å². The van der Waals surface area contributed by atoms with Gasteiger partial charge < -0.3 is 10.2 Å². The van der Waals surface area contributed by atoms with E-state index in [0.717, 1.165) is 18.8 Å². The van der Waals surface area contributed by atoms with Gasteiger partial charge in [-0.15, -0.1) is 0 Å². The van der Waals surface area contributed by atoms with E-state index in [0.29, 0.717) is 17.5 Å². The van der Waals surface area contributed by atoms with Crippen LogP contribution in [0.5, 0.6) is 0 Å². The zero-order chi connectivity index (χ0) is 13.1. The molecular formula is C14H21N3O. The normalized spacial score (nSPS) is 23.8. The lowest BCUT2D eigenvalue weighted by Gasteiger charge is -2.37. The summed E-state index contributed by atoms with van der Waals surface area (Å²) in [5.74, 6) is 1.46. The van der Waals surface area contributed by atoms with Crippen LogP contribution in [-0.4, -0.2) is 35.4 Å². The molecule has 2 atom stereocenters. The Morgan fingerprint density at radius 3 is 2.83 bits per heavy atom. The van der Waals surface area contributed by atoms with Crippen LogP contribution >= 0.6 is 0 Å². The smallest absolute Gasteiger partial charge is 0.255 e. The maximum absolute atomic E-state index is 12.4. The highest BCUT2D eigenvalue weighted by Crippen LogP contribution is 2.24. The SMILES string of the molecule is CNc1ccc(C(=O)N2CCCC(C)C2C)cn1. The van der Waals surface area contributed by atoms with Crippen LogP contribution in [0.15, 0.2) is 18.3 Å². The molecule has 0 saturated carbocycles. The average molecular weight is 247 g/mol. The molecule has 0 bridgehead atoms. The fourth-order valence-corrected chi connectivity index (χ4v) is 2.46. The number of amides is 1. The van der Waals surface area contributed by atoms with Crippen molar-refractivity contribution in [3.63, 3.8) is 0 Å². The zero-order valence-corrected chi connectivity index (χ0v) is 11.3. The van der Waals surface area contributed by atoms with Gasteiger partial charge in [0.05, 0.1) is 5.56 Å². The molecule has 2 rings (SSSR count). The van der Waals surface area contributed by atoms with Crippen molar-refractivity contribution in [2.45, 2.75) is 32.7 Å². The van der Waals surface area contributed by atoms with Crippen LogP contribution in [0.4, 0.5) is 5.82 Å². The number of likely N-dealkylation sites (tertiary alicyclic amines) is 1. The molecule has 2 unspecified atom stereocenters.